The molecule has 5 nitrogen and oxygen atoms in total. The number of hydrogen-bond acceptors (Lipinski definition) is 2. The molecule has 0 spiro atoms. The summed E-state index contributed by atoms with van der Waals surface area (Å²) in [6.45, 7) is 0.469. The quantitative estimate of drug-likeness (QED) is 0.719. The van der Waals surface area contributed by atoms with Crippen LogP contribution >= 0.6 is 0 Å². The Morgan fingerprint density at radius 3 is 2.25 bits per heavy atom. The zero-order valence-corrected chi connectivity index (χ0v) is 15.3. The lowest BCUT2D eigenvalue weighted by molar-refractivity contribution is -0.117. The Bertz CT molecular complexity index is 973. The van der Waals surface area contributed by atoms with Gasteiger partial charge in [-0.3, -0.25) is 4.79 Å². The van der Waals surface area contributed by atoms with Crippen LogP contribution in [-0.2, 0) is 4.79 Å². The van der Waals surface area contributed by atoms with E-state index >= 15 is 0 Å². The summed E-state index contributed by atoms with van der Waals surface area (Å²) >= 11 is 0. The Morgan fingerprint density at radius 1 is 0.857 bits per heavy atom. The number of amides is 3. The number of benzene rings is 3. The van der Waals surface area contributed by atoms with Crippen LogP contribution in [0.15, 0.2) is 84.9 Å². The molecule has 1 aliphatic heterocycles. The van der Waals surface area contributed by atoms with Gasteiger partial charge in [0.15, 0.2) is 0 Å². The normalized spacial score (nSPS) is 16.1. The minimum atomic E-state index is -0.309. The Balaban J connectivity index is 1.43. The molecule has 2 N–H and O–H groups in total. The highest BCUT2D eigenvalue weighted by Crippen LogP contribution is 2.27. The average molecular weight is 371 g/mol. The third-order valence-corrected chi connectivity index (χ3v) is 4.79. The van der Waals surface area contributed by atoms with Crippen LogP contribution in [0.2, 0.25) is 0 Å². The molecule has 1 heterocycles. The van der Waals surface area contributed by atoms with E-state index in [0.717, 1.165) is 22.5 Å². The standard InChI is InChI=1S/C23H21N3O2/c27-22-15-18(16-26(22)19-11-5-2-6-12-19)24-23(28)25-21-14-8-7-13-20(21)17-9-3-1-4-10-17/h1-14,18H,15-16H2,(H2,24,25,28). The van der Waals surface area contributed by atoms with E-state index in [2.05, 4.69) is 10.6 Å². The molecule has 28 heavy (non-hydrogen) atoms. The van der Waals surface area contributed by atoms with Crippen molar-refractivity contribution in [1.82, 2.24) is 5.32 Å². The first-order valence-electron chi connectivity index (χ1n) is 9.28. The van der Waals surface area contributed by atoms with Gasteiger partial charge in [0.25, 0.3) is 0 Å². The smallest absolute Gasteiger partial charge is 0.319 e. The van der Waals surface area contributed by atoms with Crippen molar-refractivity contribution < 1.29 is 9.59 Å². The first-order chi connectivity index (χ1) is 13.7. The third kappa shape index (κ3) is 3.88. The highest BCUT2D eigenvalue weighted by atomic mass is 16.2. The van der Waals surface area contributed by atoms with Crippen molar-refractivity contribution in [1.29, 1.82) is 0 Å². The number of carbonyl (C=O) groups is 2. The molecule has 1 fully saturated rings. The van der Waals surface area contributed by atoms with Crippen molar-refractivity contribution in [2.75, 3.05) is 16.8 Å². The summed E-state index contributed by atoms with van der Waals surface area (Å²) < 4.78 is 0. The fourth-order valence-electron chi connectivity index (χ4n) is 3.47. The molecule has 0 radical (unpaired) electrons. The van der Waals surface area contributed by atoms with Crippen LogP contribution in [-0.4, -0.2) is 24.5 Å². The monoisotopic (exact) mass is 371 g/mol. The van der Waals surface area contributed by atoms with E-state index in [9.17, 15) is 9.59 Å². The van der Waals surface area contributed by atoms with Gasteiger partial charge < -0.3 is 15.5 Å². The van der Waals surface area contributed by atoms with E-state index in [4.69, 9.17) is 0 Å². The minimum Gasteiger partial charge on any atom is -0.333 e. The average Bonchev–Trinajstić information content (AvgIpc) is 3.09. The van der Waals surface area contributed by atoms with Crippen molar-refractivity contribution >= 4 is 23.3 Å². The van der Waals surface area contributed by atoms with E-state index in [1.165, 1.54) is 0 Å². The maximum absolute atomic E-state index is 12.5. The molecule has 4 rings (SSSR count). The number of nitrogens with zero attached hydrogens (tertiary/aromatic N) is 1. The summed E-state index contributed by atoms with van der Waals surface area (Å²) in [5, 5.41) is 5.85. The Labute approximate surface area is 164 Å². The Hall–Kier alpha value is -3.60. The van der Waals surface area contributed by atoms with E-state index < -0.39 is 0 Å². The number of hydrogen-bond donors (Lipinski definition) is 2. The van der Waals surface area contributed by atoms with Crippen LogP contribution in [0.3, 0.4) is 0 Å². The lowest BCUT2D eigenvalue weighted by Crippen LogP contribution is -2.39. The number of rotatable bonds is 4. The van der Waals surface area contributed by atoms with Crippen LogP contribution in [0, 0.1) is 0 Å². The van der Waals surface area contributed by atoms with Gasteiger partial charge >= 0.3 is 6.03 Å². The largest absolute Gasteiger partial charge is 0.333 e. The highest BCUT2D eigenvalue weighted by molar-refractivity contribution is 5.98. The topological polar surface area (TPSA) is 61.4 Å². The van der Waals surface area contributed by atoms with Crippen LogP contribution in [0.25, 0.3) is 11.1 Å². The molecule has 3 amide bonds. The third-order valence-electron chi connectivity index (χ3n) is 4.79. The molecular weight excluding hydrogens is 350 g/mol. The van der Waals surface area contributed by atoms with Crippen molar-refractivity contribution in [3.63, 3.8) is 0 Å². The van der Waals surface area contributed by atoms with Crippen molar-refractivity contribution in [3.05, 3.63) is 84.9 Å². The van der Waals surface area contributed by atoms with E-state index in [1.807, 2.05) is 84.9 Å². The second-order valence-electron chi connectivity index (χ2n) is 6.75. The first kappa shape index (κ1) is 17.8. The number of carbonyl (C=O) groups excluding carboxylic acids is 2. The number of urea groups is 1. The van der Waals surface area contributed by atoms with E-state index in [-0.39, 0.29) is 18.0 Å². The Kier molecular flexibility index (Phi) is 5.06. The maximum Gasteiger partial charge on any atom is 0.319 e. The van der Waals surface area contributed by atoms with Crippen molar-refractivity contribution in [3.8, 4) is 11.1 Å². The molecule has 1 saturated heterocycles. The summed E-state index contributed by atoms with van der Waals surface area (Å²) in [6.07, 6.45) is 0.294. The number of nitrogens with one attached hydrogen (secondary N) is 2. The van der Waals surface area contributed by atoms with Gasteiger partial charge in [-0.15, -0.1) is 0 Å². The van der Waals surface area contributed by atoms with Gasteiger partial charge in [-0.25, -0.2) is 4.79 Å². The van der Waals surface area contributed by atoms with E-state index in [1.54, 1.807) is 4.90 Å². The van der Waals surface area contributed by atoms with Crippen LogP contribution in [0.5, 0.6) is 0 Å². The predicted octanol–water partition coefficient (Wildman–Crippen LogP) is 4.28. The SMILES string of the molecule is O=C(Nc1ccccc1-c1ccccc1)NC1CC(=O)N(c2ccccc2)C1. The second kappa shape index (κ2) is 7.96. The number of para-hydroxylation sites is 2. The molecular formula is C23H21N3O2. The van der Waals surface area contributed by atoms with Gasteiger partial charge in [0, 0.05) is 24.2 Å². The van der Waals surface area contributed by atoms with Gasteiger partial charge in [-0.05, 0) is 23.8 Å². The van der Waals surface area contributed by atoms with Gasteiger partial charge in [-0.2, -0.15) is 0 Å². The molecule has 0 aliphatic carbocycles. The lowest BCUT2D eigenvalue weighted by atomic mass is 10.0. The fraction of sp³-hybridized carbons (Fsp3) is 0.130. The predicted molar refractivity (Wildman–Crippen MR) is 111 cm³/mol. The zero-order valence-electron chi connectivity index (χ0n) is 15.3. The van der Waals surface area contributed by atoms with Gasteiger partial charge in [0.05, 0.1) is 11.7 Å². The zero-order chi connectivity index (χ0) is 19.3. The molecule has 5 heteroatoms. The summed E-state index contributed by atoms with van der Waals surface area (Å²) in [5.74, 6) is 0.0150. The van der Waals surface area contributed by atoms with Crippen molar-refractivity contribution in [2.45, 2.75) is 12.5 Å². The summed E-state index contributed by atoms with van der Waals surface area (Å²) in [4.78, 5) is 26.6. The minimum absolute atomic E-state index is 0.0150. The Morgan fingerprint density at radius 2 is 1.50 bits per heavy atom. The molecule has 3 aromatic carbocycles. The first-order valence-corrected chi connectivity index (χ1v) is 9.28. The van der Waals surface area contributed by atoms with Gasteiger partial charge in [0.2, 0.25) is 5.91 Å². The van der Waals surface area contributed by atoms with Gasteiger partial charge in [0.1, 0.15) is 0 Å². The molecule has 140 valence electrons. The molecule has 1 aliphatic rings. The fourth-order valence-corrected chi connectivity index (χ4v) is 3.47. The van der Waals surface area contributed by atoms with E-state index in [0.29, 0.717) is 13.0 Å². The summed E-state index contributed by atoms with van der Waals surface area (Å²) in [6, 6.07) is 26.6. The molecule has 0 saturated carbocycles. The lowest BCUT2D eigenvalue weighted by Gasteiger charge is -2.18. The molecule has 0 bridgehead atoms. The molecule has 3 aromatic rings. The molecule has 1 unspecified atom stereocenters. The van der Waals surface area contributed by atoms with Crippen molar-refractivity contribution in [2.24, 2.45) is 0 Å². The molecule has 0 aromatic heterocycles. The van der Waals surface area contributed by atoms with Crippen LogP contribution in [0.1, 0.15) is 6.42 Å². The summed E-state index contributed by atoms with van der Waals surface area (Å²) in [7, 11) is 0. The highest BCUT2D eigenvalue weighted by Gasteiger charge is 2.31. The van der Waals surface area contributed by atoms with Crippen LogP contribution < -0.4 is 15.5 Å². The maximum atomic E-state index is 12.5. The van der Waals surface area contributed by atoms with Crippen LogP contribution in [0.4, 0.5) is 16.2 Å². The molecule has 1 atom stereocenters. The number of anilines is 2. The summed E-state index contributed by atoms with van der Waals surface area (Å²) in [5.41, 5.74) is 3.57. The van der Waals surface area contributed by atoms with Gasteiger partial charge in [-0.1, -0.05) is 66.7 Å². The second-order valence-corrected chi connectivity index (χ2v) is 6.75.